The van der Waals surface area contributed by atoms with Crippen molar-refractivity contribution in [3.8, 4) is 45.3 Å². The molecule has 0 aliphatic rings. The topological polar surface area (TPSA) is 65.0 Å². The summed E-state index contributed by atoms with van der Waals surface area (Å²) in [6, 6.07) is 52.2. The summed E-state index contributed by atoms with van der Waals surface area (Å²) in [5.74, 6) is 1.80. The highest BCUT2D eigenvalue weighted by Crippen LogP contribution is 2.40. The number of para-hydroxylation sites is 2. The van der Waals surface area contributed by atoms with Crippen molar-refractivity contribution in [2.45, 2.75) is 0 Å². The number of thiophene rings is 1. The first-order chi connectivity index (χ1) is 25.2. The Balaban J connectivity index is 1.07. The van der Waals surface area contributed by atoms with E-state index in [1.165, 1.54) is 20.2 Å². The van der Waals surface area contributed by atoms with Crippen LogP contribution in [-0.4, -0.2) is 15.0 Å². The smallest absolute Gasteiger partial charge is 0.167 e. The van der Waals surface area contributed by atoms with Gasteiger partial charge in [-0.3, -0.25) is 0 Å². The molecule has 0 atom stereocenters. The van der Waals surface area contributed by atoms with Crippen LogP contribution in [0.3, 0.4) is 0 Å². The lowest BCUT2D eigenvalue weighted by Crippen LogP contribution is -2.00. The molecule has 0 aliphatic carbocycles. The molecule has 0 radical (unpaired) electrons. The molecule has 51 heavy (non-hydrogen) atoms. The molecule has 0 saturated carbocycles. The number of hydrogen-bond acceptors (Lipinski definition) is 6. The highest BCUT2D eigenvalue weighted by Gasteiger charge is 2.19. The van der Waals surface area contributed by atoms with Crippen LogP contribution in [0.15, 0.2) is 160 Å². The number of rotatable bonds is 4. The van der Waals surface area contributed by atoms with Gasteiger partial charge in [0.05, 0.1) is 5.56 Å². The van der Waals surface area contributed by atoms with Crippen molar-refractivity contribution in [3.05, 3.63) is 152 Å². The van der Waals surface area contributed by atoms with Gasteiger partial charge in [0, 0.05) is 52.8 Å². The average molecular weight is 672 g/mol. The lowest BCUT2D eigenvalue weighted by molar-refractivity contribution is 0.669. The zero-order valence-electron chi connectivity index (χ0n) is 27.0. The second-order valence-electron chi connectivity index (χ2n) is 12.8. The minimum atomic E-state index is 0.567. The largest absolute Gasteiger partial charge is 0.456 e. The summed E-state index contributed by atoms with van der Waals surface area (Å²) in [6.07, 6.45) is 0. The van der Waals surface area contributed by atoms with E-state index in [-0.39, 0.29) is 0 Å². The molecule has 4 aromatic heterocycles. The molecule has 0 spiro atoms. The summed E-state index contributed by atoms with van der Waals surface area (Å²) in [6.45, 7) is 0. The minimum absolute atomic E-state index is 0.567. The molecular formula is C45H25N3O2S. The van der Waals surface area contributed by atoms with Crippen LogP contribution in [0.25, 0.3) is 109 Å². The Morgan fingerprint density at radius 2 is 1.00 bits per heavy atom. The lowest BCUT2D eigenvalue weighted by Gasteiger charge is -2.09. The van der Waals surface area contributed by atoms with Crippen molar-refractivity contribution in [1.82, 2.24) is 15.0 Å². The van der Waals surface area contributed by atoms with E-state index >= 15 is 0 Å². The molecule has 0 bridgehead atoms. The van der Waals surface area contributed by atoms with Crippen molar-refractivity contribution in [2.24, 2.45) is 0 Å². The standard InChI is InChI=1S/C45H25N3O2S/c1-2-9-26(10-3-1)43-46-44(29-18-21-33-32-12-5-7-16-40(32)51-41(33)25-29)48-45(47-43)35-14-8-13-34-31-20-17-28(24-39(31)50-42(34)35)27-19-22-38-36(23-27)30-11-4-6-15-37(30)49-38/h1-25H. The first-order valence-electron chi connectivity index (χ1n) is 16.8. The van der Waals surface area contributed by atoms with Gasteiger partial charge in [0.15, 0.2) is 17.5 Å². The second-order valence-corrected chi connectivity index (χ2v) is 13.9. The van der Waals surface area contributed by atoms with E-state index in [0.717, 1.165) is 71.7 Å². The molecule has 7 aromatic carbocycles. The summed E-state index contributed by atoms with van der Waals surface area (Å²) in [5, 5.41) is 6.76. The van der Waals surface area contributed by atoms with Crippen molar-refractivity contribution >= 4 is 75.4 Å². The first kappa shape index (κ1) is 28.2. The van der Waals surface area contributed by atoms with Crippen LogP contribution in [0.4, 0.5) is 0 Å². The Bertz CT molecular complexity index is 3160. The third kappa shape index (κ3) is 4.50. The third-order valence-corrected chi connectivity index (χ3v) is 10.9. The average Bonchev–Trinajstić information content (AvgIpc) is 3.88. The van der Waals surface area contributed by atoms with Gasteiger partial charge in [-0.25, -0.2) is 15.0 Å². The summed E-state index contributed by atoms with van der Waals surface area (Å²) >= 11 is 1.79. The molecule has 238 valence electrons. The summed E-state index contributed by atoms with van der Waals surface area (Å²) in [4.78, 5) is 15.2. The van der Waals surface area contributed by atoms with E-state index in [1.54, 1.807) is 11.3 Å². The zero-order valence-corrected chi connectivity index (χ0v) is 27.8. The van der Waals surface area contributed by atoms with Crippen LogP contribution in [0, 0.1) is 0 Å². The van der Waals surface area contributed by atoms with Crippen LogP contribution >= 0.6 is 11.3 Å². The minimum Gasteiger partial charge on any atom is -0.456 e. The predicted octanol–water partition coefficient (Wildman–Crippen LogP) is 12.7. The summed E-state index contributed by atoms with van der Waals surface area (Å²) < 4.78 is 15.3. The van der Waals surface area contributed by atoms with Gasteiger partial charge < -0.3 is 8.83 Å². The van der Waals surface area contributed by atoms with Crippen LogP contribution < -0.4 is 0 Å². The highest BCUT2D eigenvalue weighted by atomic mass is 32.1. The molecule has 0 amide bonds. The van der Waals surface area contributed by atoms with Gasteiger partial charge >= 0.3 is 0 Å². The summed E-state index contributed by atoms with van der Waals surface area (Å²) in [5.41, 5.74) is 8.18. The van der Waals surface area contributed by atoms with E-state index in [2.05, 4.69) is 84.9 Å². The van der Waals surface area contributed by atoms with Crippen molar-refractivity contribution < 1.29 is 8.83 Å². The van der Waals surface area contributed by atoms with Gasteiger partial charge in [-0.2, -0.15) is 0 Å². The molecule has 0 aliphatic heterocycles. The molecule has 11 rings (SSSR count). The Morgan fingerprint density at radius 3 is 1.92 bits per heavy atom. The highest BCUT2D eigenvalue weighted by molar-refractivity contribution is 7.25. The van der Waals surface area contributed by atoms with Crippen LogP contribution in [0.2, 0.25) is 0 Å². The third-order valence-electron chi connectivity index (χ3n) is 9.75. The van der Waals surface area contributed by atoms with Crippen LogP contribution in [0.1, 0.15) is 0 Å². The van der Waals surface area contributed by atoms with Crippen LogP contribution in [-0.2, 0) is 0 Å². The van der Waals surface area contributed by atoms with Crippen molar-refractivity contribution in [1.29, 1.82) is 0 Å². The molecule has 0 unspecified atom stereocenters. The Labute approximate surface area is 295 Å². The number of fused-ring (bicyclic) bond motifs is 9. The fraction of sp³-hybridized carbons (Fsp3) is 0. The fourth-order valence-corrected chi connectivity index (χ4v) is 8.41. The zero-order chi connectivity index (χ0) is 33.5. The van der Waals surface area contributed by atoms with Crippen molar-refractivity contribution in [2.75, 3.05) is 0 Å². The van der Waals surface area contributed by atoms with E-state index < -0.39 is 0 Å². The molecular weight excluding hydrogens is 647 g/mol. The van der Waals surface area contributed by atoms with E-state index in [4.69, 9.17) is 23.8 Å². The number of aromatic nitrogens is 3. The number of benzene rings is 7. The number of hydrogen-bond donors (Lipinski definition) is 0. The molecule has 5 nitrogen and oxygen atoms in total. The maximum absolute atomic E-state index is 6.71. The van der Waals surface area contributed by atoms with Gasteiger partial charge in [-0.05, 0) is 59.7 Å². The van der Waals surface area contributed by atoms with E-state index in [1.807, 2.05) is 66.7 Å². The monoisotopic (exact) mass is 671 g/mol. The molecule has 6 heteroatoms. The van der Waals surface area contributed by atoms with Gasteiger partial charge in [0.1, 0.15) is 22.3 Å². The molecule has 0 saturated heterocycles. The summed E-state index contributed by atoms with van der Waals surface area (Å²) in [7, 11) is 0. The van der Waals surface area contributed by atoms with Crippen LogP contribution in [0.5, 0.6) is 0 Å². The maximum Gasteiger partial charge on any atom is 0.167 e. The normalized spacial score (nSPS) is 11.9. The maximum atomic E-state index is 6.71. The Morgan fingerprint density at radius 1 is 0.353 bits per heavy atom. The fourth-order valence-electron chi connectivity index (χ4n) is 7.27. The Hall–Kier alpha value is -6.63. The Kier molecular flexibility index (Phi) is 6.05. The van der Waals surface area contributed by atoms with Crippen molar-refractivity contribution in [3.63, 3.8) is 0 Å². The molecule has 0 fully saturated rings. The van der Waals surface area contributed by atoms with Gasteiger partial charge in [0.2, 0.25) is 0 Å². The quantitative estimate of drug-likeness (QED) is 0.186. The van der Waals surface area contributed by atoms with E-state index in [0.29, 0.717) is 17.5 Å². The second kappa shape index (κ2) is 10.9. The van der Waals surface area contributed by atoms with Gasteiger partial charge in [-0.1, -0.05) is 103 Å². The molecule has 0 N–H and O–H groups in total. The SMILES string of the molecule is c1ccc(-c2nc(-c3ccc4c(c3)sc3ccccc34)nc(-c3cccc4c3oc3cc(-c5ccc6oc7ccccc7c6c5)ccc34)n2)cc1. The lowest BCUT2D eigenvalue weighted by atomic mass is 10.0. The predicted molar refractivity (Wildman–Crippen MR) is 209 cm³/mol. The molecule has 11 aromatic rings. The number of furan rings is 2. The van der Waals surface area contributed by atoms with Gasteiger partial charge in [-0.15, -0.1) is 11.3 Å². The first-order valence-corrected chi connectivity index (χ1v) is 17.7. The molecule has 4 heterocycles. The van der Waals surface area contributed by atoms with E-state index in [9.17, 15) is 0 Å². The number of nitrogens with zero attached hydrogens (tertiary/aromatic N) is 3. The van der Waals surface area contributed by atoms with Gasteiger partial charge in [0.25, 0.3) is 0 Å².